The predicted octanol–water partition coefficient (Wildman–Crippen LogP) is 3.80. The van der Waals surface area contributed by atoms with E-state index in [1.807, 2.05) is 5.98 Å². The van der Waals surface area contributed by atoms with Gasteiger partial charge in [0.15, 0.2) is 0 Å². The summed E-state index contributed by atoms with van der Waals surface area (Å²) in [4.78, 5) is 2.37. The Hall–Kier alpha value is -1.14. The molecule has 1 heterocycles. The van der Waals surface area contributed by atoms with Gasteiger partial charge in [-0.25, -0.2) is 0 Å². The molecule has 1 saturated heterocycles. The molecule has 0 aliphatic carbocycles. The van der Waals surface area contributed by atoms with Crippen molar-refractivity contribution in [3.63, 3.8) is 0 Å². The molecule has 0 spiro atoms. The maximum atomic E-state index is 5.99. The van der Waals surface area contributed by atoms with Crippen LogP contribution in [0.4, 0.5) is 0 Å². The summed E-state index contributed by atoms with van der Waals surface area (Å²) in [5.41, 5.74) is 1.87. The number of methoxy groups -OCH3 is 1. The van der Waals surface area contributed by atoms with Crippen molar-refractivity contribution in [3.05, 3.63) is 41.4 Å². The Morgan fingerprint density at radius 1 is 1.08 bits per heavy atom. The fourth-order valence-corrected chi connectivity index (χ4v) is 2.72. The van der Waals surface area contributed by atoms with Crippen LogP contribution in [-0.2, 0) is 20.6 Å². The predicted molar refractivity (Wildman–Crippen MR) is 104 cm³/mol. The van der Waals surface area contributed by atoms with E-state index in [-0.39, 0.29) is 18.3 Å². The number of benzene rings is 1. The smallest absolute Gasteiger partial charge is 0.400 e. The molecule has 1 aliphatic heterocycles. The fourth-order valence-electron chi connectivity index (χ4n) is 2.72. The minimum absolute atomic E-state index is 0.294. The van der Waals surface area contributed by atoms with Crippen LogP contribution in [-0.4, -0.2) is 50.0 Å². The van der Waals surface area contributed by atoms with Crippen LogP contribution in [0.2, 0.25) is 0 Å². The summed E-state index contributed by atoms with van der Waals surface area (Å²) in [6.07, 6.45) is 2.06. The van der Waals surface area contributed by atoms with Gasteiger partial charge in [0.25, 0.3) is 0 Å². The van der Waals surface area contributed by atoms with Crippen molar-refractivity contribution in [3.8, 4) is 0 Å². The molecule has 0 radical (unpaired) electrons. The molecule has 0 saturated carbocycles. The molecule has 1 aromatic carbocycles. The van der Waals surface area contributed by atoms with Crippen LogP contribution in [0.15, 0.2) is 30.2 Å². The minimum Gasteiger partial charge on any atom is -0.400 e. The molecule has 0 N–H and O–H groups in total. The zero-order chi connectivity index (χ0) is 18.5. The Morgan fingerprint density at radius 2 is 1.68 bits per heavy atom. The van der Waals surface area contributed by atoms with Crippen molar-refractivity contribution in [2.75, 3.05) is 26.8 Å². The van der Waals surface area contributed by atoms with Gasteiger partial charge in [0.1, 0.15) is 0 Å². The van der Waals surface area contributed by atoms with Crippen molar-refractivity contribution in [1.82, 2.24) is 4.90 Å². The quantitative estimate of drug-likeness (QED) is 0.671. The summed E-state index contributed by atoms with van der Waals surface area (Å²) in [7, 11) is 1.45. The first-order chi connectivity index (χ1) is 11.8. The van der Waals surface area contributed by atoms with Crippen LogP contribution in [0.5, 0.6) is 0 Å². The van der Waals surface area contributed by atoms with Gasteiger partial charge in [-0.05, 0) is 45.4 Å². The lowest BCUT2D eigenvalue weighted by Crippen LogP contribution is -2.41. The van der Waals surface area contributed by atoms with E-state index in [9.17, 15) is 0 Å². The lowest BCUT2D eigenvalue weighted by molar-refractivity contribution is 0.00578. The van der Waals surface area contributed by atoms with E-state index in [2.05, 4.69) is 69.9 Å². The summed E-state index contributed by atoms with van der Waals surface area (Å²) in [5, 5.41) is 0. The van der Waals surface area contributed by atoms with Gasteiger partial charge in [0, 0.05) is 20.2 Å². The van der Waals surface area contributed by atoms with Crippen LogP contribution >= 0.6 is 0 Å². The van der Waals surface area contributed by atoms with Gasteiger partial charge in [-0.2, -0.15) is 0 Å². The first kappa shape index (κ1) is 20.2. The van der Waals surface area contributed by atoms with Gasteiger partial charge >= 0.3 is 7.12 Å². The summed E-state index contributed by atoms with van der Waals surface area (Å²) in [5.74, 6) is 1.99. The third-order valence-electron chi connectivity index (χ3n) is 5.16. The Balaban J connectivity index is 1.92. The van der Waals surface area contributed by atoms with E-state index in [0.29, 0.717) is 0 Å². The van der Waals surface area contributed by atoms with Crippen LogP contribution in [0.3, 0.4) is 0 Å². The second-order valence-corrected chi connectivity index (χ2v) is 7.59. The molecular weight excluding hydrogens is 313 g/mol. The second kappa shape index (κ2) is 8.50. The van der Waals surface area contributed by atoms with Crippen LogP contribution in [0, 0.1) is 0 Å². The van der Waals surface area contributed by atoms with E-state index < -0.39 is 0 Å². The third kappa shape index (κ3) is 5.42. The summed E-state index contributed by atoms with van der Waals surface area (Å²) < 4.78 is 17.1. The van der Waals surface area contributed by atoms with E-state index in [1.165, 1.54) is 5.56 Å². The highest BCUT2D eigenvalue weighted by atomic mass is 16.7. The SMILES string of the molecule is CCN(CCOC)Cc1ccc(C=CB2OC(C)(C)C(C)(C)O2)cc1. The monoisotopic (exact) mass is 345 g/mol. The Kier molecular flexibility index (Phi) is 6.86. The number of rotatable bonds is 8. The topological polar surface area (TPSA) is 30.9 Å². The first-order valence-electron chi connectivity index (χ1n) is 9.11. The molecule has 0 unspecified atom stereocenters. The normalized spacial score (nSPS) is 19.2. The molecule has 5 heteroatoms. The molecule has 1 aliphatic rings. The first-order valence-corrected chi connectivity index (χ1v) is 9.11. The van der Waals surface area contributed by atoms with E-state index in [0.717, 1.165) is 31.8 Å². The van der Waals surface area contributed by atoms with Crippen molar-refractivity contribution in [2.45, 2.75) is 52.4 Å². The second-order valence-electron chi connectivity index (χ2n) is 7.59. The summed E-state index contributed by atoms with van der Waals surface area (Å²) in [6, 6.07) is 8.64. The van der Waals surface area contributed by atoms with Crippen molar-refractivity contribution in [2.24, 2.45) is 0 Å². The Labute approximate surface area is 153 Å². The average Bonchev–Trinajstić information content (AvgIpc) is 2.78. The lowest BCUT2D eigenvalue weighted by Gasteiger charge is -2.32. The van der Waals surface area contributed by atoms with Gasteiger partial charge in [0.05, 0.1) is 17.8 Å². The van der Waals surface area contributed by atoms with Gasteiger partial charge in [-0.15, -0.1) is 0 Å². The molecule has 2 rings (SSSR count). The highest BCUT2D eigenvalue weighted by molar-refractivity contribution is 6.52. The number of ether oxygens (including phenoxy) is 1. The minimum atomic E-state index is -0.297. The maximum Gasteiger partial charge on any atom is 0.487 e. The zero-order valence-corrected chi connectivity index (χ0v) is 16.5. The maximum absolute atomic E-state index is 5.99. The number of hydrogen-bond donors (Lipinski definition) is 0. The molecule has 0 atom stereocenters. The van der Waals surface area contributed by atoms with E-state index >= 15 is 0 Å². The van der Waals surface area contributed by atoms with Crippen LogP contribution in [0.25, 0.3) is 6.08 Å². The largest absolute Gasteiger partial charge is 0.487 e. The average molecular weight is 345 g/mol. The highest BCUT2D eigenvalue weighted by Gasteiger charge is 2.49. The van der Waals surface area contributed by atoms with Crippen molar-refractivity contribution >= 4 is 13.2 Å². The summed E-state index contributed by atoms with van der Waals surface area (Å²) in [6.45, 7) is 14.1. The fraction of sp³-hybridized carbons (Fsp3) is 0.600. The Morgan fingerprint density at radius 3 is 2.20 bits per heavy atom. The van der Waals surface area contributed by atoms with Gasteiger partial charge in [-0.3, -0.25) is 4.90 Å². The zero-order valence-electron chi connectivity index (χ0n) is 16.5. The third-order valence-corrected chi connectivity index (χ3v) is 5.16. The van der Waals surface area contributed by atoms with Crippen LogP contribution < -0.4 is 0 Å². The van der Waals surface area contributed by atoms with Gasteiger partial charge < -0.3 is 14.0 Å². The molecule has 0 aromatic heterocycles. The number of nitrogens with zero attached hydrogens (tertiary/aromatic N) is 1. The molecule has 0 amide bonds. The van der Waals surface area contributed by atoms with Gasteiger partial charge in [0.2, 0.25) is 0 Å². The number of likely N-dealkylation sites (N-methyl/N-ethyl adjacent to an activating group) is 1. The number of hydrogen-bond acceptors (Lipinski definition) is 4. The van der Waals surface area contributed by atoms with Crippen molar-refractivity contribution < 1.29 is 14.0 Å². The highest BCUT2D eigenvalue weighted by Crippen LogP contribution is 2.37. The Bertz CT molecular complexity index is 553. The molecular formula is C20H32BNO3. The van der Waals surface area contributed by atoms with Gasteiger partial charge in [-0.1, -0.05) is 43.2 Å². The molecule has 138 valence electrons. The molecule has 0 bridgehead atoms. The van der Waals surface area contributed by atoms with Crippen molar-refractivity contribution in [1.29, 1.82) is 0 Å². The molecule has 1 aromatic rings. The standard InChI is InChI=1S/C20H32BNO3/c1-7-22(14-15-23-6)16-18-10-8-17(9-11-18)12-13-21-24-19(2,3)20(4,5)25-21/h8-13H,7,14-16H2,1-6H3. The molecule has 4 nitrogen and oxygen atoms in total. The molecule has 25 heavy (non-hydrogen) atoms. The van der Waals surface area contributed by atoms with E-state index in [4.69, 9.17) is 14.0 Å². The molecule has 1 fully saturated rings. The summed E-state index contributed by atoms with van der Waals surface area (Å²) >= 11 is 0. The van der Waals surface area contributed by atoms with E-state index in [1.54, 1.807) is 7.11 Å². The lowest BCUT2D eigenvalue weighted by atomic mass is 9.89. The van der Waals surface area contributed by atoms with Crippen LogP contribution in [0.1, 0.15) is 45.7 Å².